The van der Waals surface area contributed by atoms with E-state index in [0.717, 1.165) is 0 Å². The van der Waals surface area contributed by atoms with Gasteiger partial charge in [0.05, 0.1) is 5.02 Å². The van der Waals surface area contributed by atoms with Crippen LogP contribution in [-0.4, -0.2) is 22.0 Å². The van der Waals surface area contributed by atoms with Gasteiger partial charge in [0.25, 0.3) is 0 Å². The molecule has 0 amide bonds. The maximum atomic E-state index is 14.1. The van der Waals surface area contributed by atoms with Crippen molar-refractivity contribution in [1.82, 2.24) is 15.0 Å². The molecule has 0 aliphatic carbocycles. The van der Waals surface area contributed by atoms with E-state index >= 15 is 0 Å². The van der Waals surface area contributed by atoms with Crippen molar-refractivity contribution in [1.29, 1.82) is 0 Å². The lowest BCUT2D eigenvalue weighted by Gasteiger charge is -2.09. The van der Waals surface area contributed by atoms with Gasteiger partial charge in [0.15, 0.2) is 11.6 Å². The molecule has 3 rings (SSSR count). The highest BCUT2D eigenvalue weighted by Crippen LogP contribution is 2.29. The van der Waals surface area contributed by atoms with Crippen molar-refractivity contribution < 1.29 is 4.39 Å². The Kier molecular flexibility index (Phi) is 3.20. The Morgan fingerprint density at radius 2 is 2.05 bits per heavy atom. The molecule has 1 N–H and O–H groups in total. The number of rotatable bonds is 2. The van der Waals surface area contributed by atoms with Crippen LogP contribution in [0.4, 0.5) is 10.2 Å². The average Bonchev–Trinajstić information content (AvgIpc) is 2.51. The fraction of sp³-hybridized carbons (Fsp3) is 0.0714. The molecule has 3 aromatic rings. The van der Waals surface area contributed by atoms with Crippen molar-refractivity contribution in [3.63, 3.8) is 0 Å². The van der Waals surface area contributed by atoms with Gasteiger partial charge in [-0.1, -0.05) is 11.6 Å². The number of hydrogen-bond acceptors (Lipinski definition) is 4. The van der Waals surface area contributed by atoms with Crippen LogP contribution < -0.4 is 5.32 Å². The van der Waals surface area contributed by atoms with Crippen LogP contribution in [0.1, 0.15) is 0 Å². The SMILES string of the molecule is CNc1nc(-c2cccnc2)nc2c(F)c(Cl)ccc12. The molecule has 0 spiro atoms. The Bertz CT molecular complexity index is 777. The van der Waals surface area contributed by atoms with Crippen LogP contribution in [0.2, 0.25) is 5.02 Å². The first-order valence-corrected chi connectivity index (χ1v) is 6.32. The summed E-state index contributed by atoms with van der Waals surface area (Å²) in [6.45, 7) is 0. The fourth-order valence-corrected chi connectivity index (χ4v) is 2.10. The Balaban J connectivity index is 2.33. The number of fused-ring (bicyclic) bond motifs is 1. The monoisotopic (exact) mass is 288 g/mol. The Hall–Kier alpha value is -2.27. The average molecular weight is 289 g/mol. The Morgan fingerprint density at radius 1 is 1.20 bits per heavy atom. The van der Waals surface area contributed by atoms with Gasteiger partial charge in [-0.05, 0) is 24.3 Å². The summed E-state index contributed by atoms with van der Waals surface area (Å²) < 4.78 is 14.1. The number of hydrogen-bond donors (Lipinski definition) is 1. The van der Waals surface area contributed by atoms with Crippen molar-refractivity contribution in [3.8, 4) is 11.4 Å². The minimum atomic E-state index is -0.548. The predicted octanol–water partition coefficient (Wildman–Crippen LogP) is 3.53. The van der Waals surface area contributed by atoms with Crippen LogP contribution >= 0.6 is 11.6 Å². The molecule has 0 fully saturated rings. The maximum absolute atomic E-state index is 14.1. The Labute approximate surface area is 119 Å². The predicted molar refractivity (Wildman–Crippen MR) is 77.3 cm³/mol. The van der Waals surface area contributed by atoms with Gasteiger partial charge in [0.2, 0.25) is 0 Å². The van der Waals surface area contributed by atoms with Gasteiger partial charge >= 0.3 is 0 Å². The van der Waals surface area contributed by atoms with Crippen molar-refractivity contribution in [2.45, 2.75) is 0 Å². The number of pyridine rings is 1. The number of nitrogens with zero attached hydrogens (tertiary/aromatic N) is 3. The lowest BCUT2D eigenvalue weighted by atomic mass is 10.2. The molecule has 2 heterocycles. The first kappa shape index (κ1) is 12.7. The molecule has 0 saturated carbocycles. The van der Waals surface area contributed by atoms with Crippen molar-refractivity contribution in [3.05, 3.63) is 47.5 Å². The highest BCUT2D eigenvalue weighted by atomic mass is 35.5. The van der Waals surface area contributed by atoms with Crippen LogP contribution in [0.5, 0.6) is 0 Å². The van der Waals surface area contributed by atoms with E-state index in [1.165, 1.54) is 6.07 Å². The quantitative estimate of drug-likeness (QED) is 0.784. The van der Waals surface area contributed by atoms with Gasteiger partial charge in [0, 0.05) is 30.4 Å². The summed E-state index contributed by atoms with van der Waals surface area (Å²) in [5.74, 6) is 0.397. The minimum absolute atomic E-state index is 0.0374. The molecule has 0 radical (unpaired) electrons. The third-order valence-electron chi connectivity index (χ3n) is 2.92. The van der Waals surface area contributed by atoms with Gasteiger partial charge < -0.3 is 5.32 Å². The van der Waals surface area contributed by atoms with Crippen molar-refractivity contribution >= 4 is 28.3 Å². The first-order chi connectivity index (χ1) is 9.70. The van der Waals surface area contributed by atoms with Gasteiger partial charge in [-0.3, -0.25) is 4.98 Å². The molecule has 20 heavy (non-hydrogen) atoms. The topological polar surface area (TPSA) is 50.7 Å². The fourth-order valence-electron chi connectivity index (χ4n) is 1.95. The summed E-state index contributed by atoms with van der Waals surface area (Å²) in [7, 11) is 1.72. The second-order valence-corrected chi connectivity index (χ2v) is 4.55. The number of anilines is 1. The molecule has 6 heteroatoms. The summed E-state index contributed by atoms with van der Waals surface area (Å²) in [4.78, 5) is 12.7. The smallest absolute Gasteiger partial charge is 0.168 e. The van der Waals surface area contributed by atoms with E-state index in [0.29, 0.717) is 22.6 Å². The van der Waals surface area contributed by atoms with Gasteiger partial charge in [-0.15, -0.1) is 0 Å². The molecule has 0 unspecified atom stereocenters. The molecule has 0 bridgehead atoms. The van der Waals surface area contributed by atoms with Crippen molar-refractivity contribution in [2.24, 2.45) is 0 Å². The van der Waals surface area contributed by atoms with E-state index in [4.69, 9.17) is 11.6 Å². The van der Waals surface area contributed by atoms with Crippen molar-refractivity contribution in [2.75, 3.05) is 12.4 Å². The standard InChI is InChI=1S/C14H10ClFN4/c1-17-14-9-4-5-10(15)11(16)12(9)19-13(20-14)8-3-2-6-18-7-8/h2-7H,1H3,(H,17,19,20). The summed E-state index contributed by atoms with van der Waals surface area (Å²) >= 11 is 5.81. The van der Waals surface area contributed by atoms with E-state index < -0.39 is 5.82 Å². The molecule has 1 aromatic carbocycles. The zero-order valence-electron chi connectivity index (χ0n) is 10.6. The molecule has 0 aliphatic heterocycles. The summed E-state index contributed by atoms with van der Waals surface area (Å²) in [6, 6.07) is 6.78. The molecule has 0 atom stereocenters. The van der Waals surface area contributed by atoms with Gasteiger partial charge in [-0.2, -0.15) is 0 Å². The van der Waals surface area contributed by atoms with Gasteiger partial charge in [0.1, 0.15) is 11.3 Å². The van der Waals surface area contributed by atoms with E-state index in [2.05, 4.69) is 20.3 Å². The second kappa shape index (κ2) is 5.02. The molecule has 2 aromatic heterocycles. The summed E-state index contributed by atoms with van der Waals surface area (Å²) in [5, 5.41) is 3.57. The number of aromatic nitrogens is 3. The molecular weight excluding hydrogens is 279 g/mol. The normalized spacial score (nSPS) is 10.8. The third-order valence-corrected chi connectivity index (χ3v) is 3.21. The lowest BCUT2D eigenvalue weighted by Crippen LogP contribution is -2.00. The van der Waals surface area contributed by atoms with Crippen LogP contribution in [0.25, 0.3) is 22.3 Å². The second-order valence-electron chi connectivity index (χ2n) is 4.15. The third kappa shape index (κ3) is 2.06. The Morgan fingerprint density at radius 3 is 2.75 bits per heavy atom. The number of halogens is 2. The summed E-state index contributed by atoms with van der Waals surface area (Å²) in [6.07, 6.45) is 3.28. The van der Waals surface area contributed by atoms with E-state index in [1.54, 1.807) is 31.6 Å². The molecule has 0 aliphatic rings. The minimum Gasteiger partial charge on any atom is -0.373 e. The molecule has 4 nitrogen and oxygen atoms in total. The highest BCUT2D eigenvalue weighted by molar-refractivity contribution is 6.31. The van der Waals surface area contributed by atoms with Crippen LogP contribution in [0.15, 0.2) is 36.7 Å². The van der Waals surface area contributed by atoms with E-state index in [-0.39, 0.29) is 10.5 Å². The zero-order chi connectivity index (χ0) is 14.1. The molecular formula is C14H10ClFN4. The molecule has 0 saturated heterocycles. The number of nitrogens with one attached hydrogen (secondary N) is 1. The summed E-state index contributed by atoms with van der Waals surface area (Å²) in [5.41, 5.74) is 0.904. The molecule has 100 valence electrons. The lowest BCUT2D eigenvalue weighted by molar-refractivity contribution is 0.637. The van der Waals surface area contributed by atoms with Crippen LogP contribution in [-0.2, 0) is 0 Å². The first-order valence-electron chi connectivity index (χ1n) is 5.94. The maximum Gasteiger partial charge on any atom is 0.168 e. The van der Waals surface area contributed by atoms with E-state index in [1.807, 2.05) is 6.07 Å². The number of benzene rings is 1. The van der Waals surface area contributed by atoms with E-state index in [9.17, 15) is 4.39 Å². The highest BCUT2D eigenvalue weighted by Gasteiger charge is 2.14. The largest absolute Gasteiger partial charge is 0.373 e. The van der Waals surface area contributed by atoms with Gasteiger partial charge in [-0.25, -0.2) is 14.4 Å². The van der Waals surface area contributed by atoms with Crippen LogP contribution in [0.3, 0.4) is 0 Å². The zero-order valence-corrected chi connectivity index (χ0v) is 11.3. The van der Waals surface area contributed by atoms with Crippen LogP contribution in [0, 0.1) is 5.82 Å².